The molecule has 1 unspecified atom stereocenters. The molecule has 0 aromatic heterocycles. The Morgan fingerprint density at radius 3 is 2.28 bits per heavy atom. The molecule has 11 heteroatoms. The van der Waals surface area contributed by atoms with Gasteiger partial charge in [-0.1, -0.05) is 6.92 Å². The number of nitrogens with one attached hydrogen (secondary N) is 2. The van der Waals surface area contributed by atoms with Crippen molar-refractivity contribution in [2.24, 2.45) is 5.92 Å². The molecule has 1 amide bonds. The lowest BCUT2D eigenvalue weighted by molar-refractivity contribution is -0.116. The first kappa shape index (κ1) is 24.3. The number of nitrogens with zero attached hydrogens (tertiary/aromatic N) is 1. The maximum atomic E-state index is 12.9. The highest BCUT2D eigenvalue weighted by Crippen LogP contribution is 2.24. The first-order valence-corrected chi connectivity index (χ1v) is 13.2. The fraction of sp³-hybridized carbons (Fsp3) is 0.381. The Bertz CT molecular complexity index is 1150. The van der Waals surface area contributed by atoms with Gasteiger partial charge in [0.1, 0.15) is 5.82 Å². The van der Waals surface area contributed by atoms with Crippen molar-refractivity contribution in [1.29, 1.82) is 0 Å². The number of carbonyl (C=O) groups excluding carboxylic acids is 1. The zero-order valence-electron chi connectivity index (χ0n) is 17.6. The third-order valence-corrected chi connectivity index (χ3v) is 8.52. The van der Waals surface area contributed by atoms with Gasteiger partial charge < -0.3 is 5.32 Å². The zero-order chi connectivity index (χ0) is 23.4. The summed E-state index contributed by atoms with van der Waals surface area (Å²) in [6.45, 7) is 2.87. The molecule has 3 rings (SSSR count). The first-order valence-electron chi connectivity index (χ1n) is 10.2. The van der Waals surface area contributed by atoms with Gasteiger partial charge in [-0.2, -0.15) is 4.31 Å². The average Bonchev–Trinajstić information content (AvgIpc) is 2.74. The molecule has 1 aliphatic heterocycles. The molecule has 1 fully saturated rings. The van der Waals surface area contributed by atoms with E-state index in [2.05, 4.69) is 10.0 Å². The van der Waals surface area contributed by atoms with Crippen molar-refractivity contribution < 1.29 is 26.0 Å². The Balaban J connectivity index is 1.53. The number of hydrogen-bond donors (Lipinski definition) is 2. The Hall–Kier alpha value is -2.34. The summed E-state index contributed by atoms with van der Waals surface area (Å²) in [7, 11) is -7.43. The van der Waals surface area contributed by atoms with Gasteiger partial charge in [-0.15, -0.1) is 0 Å². The van der Waals surface area contributed by atoms with Crippen LogP contribution in [0.15, 0.2) is 58.3 Å². The van der Waals surface area contributed by atoms with Gasteiger partial charge in [0.05, 0.1) is 9.79 Å². The summed E-state index contributed by atoms with van der Waals surface area (Å²) >= 11 is 0. The topological polar surface area (TPSA) is 113 Å². The highest BCUT2D eigenvalue weighted by Gasteiger charge is 2.28. The average molecular weight is 484 g/mol. The van der Waals surface area contributed by atoms with Crippen LogP contribution in [0.3, 0.4) is 0 Å². The maximum absolute atomic E-state index is 12.9. The molecule has 0 bridgehead atoms. The summed E-state index contributed by atoms with van der Waals surface area (Å²) < 4.78 is 66.6. The number of halogens is 1. The lowest BCUT2D eigenvalue weighted by Crippen LogP contribution is -2.39. The molecule has 32 heavy (non-hydrogen) atoms. The van der Waals surface area contributed by atoms with E-state index in [0.717, 1.165) is 37.1 Å². The minimum atomic E-state index is -3.85. The molecule has 0 saturated carbocycles. The number of amides is 1. The van der Waals surface area contributed by atoms with Gasteiger partial charge >= 0.3 is 0 Å². The van der Waals surface area contributed by atoms with E-state index in [4.69, 9.17) is 0 Å². The largest absolute Gasteiger partial charge is 0.326 e. The lowest BCUT2D eigenvalue weighted by atomic mass is 10.0. The van der Waals surface area contributed by atoms with Crippen LogP contribution < -0.4 is 10.0 Å². The predicted octanol–water partition coefficient (Wildman–Crippen LogP) is 2.55. The third kappa shape index (κ3) is 6.12. The second kappa shape index (κ2) is 10.1. The number of carbonyl (C=O) groups is 1. The quantitative estimate of drug-likeness (QED) is 0.599. The Morgan fingerprint density at radius 2 is 1.66 bits per heavy atom. The monoisotopic (exact) mass is 483 g/mol. The molecule has 1 atom stereocenters. The van der Waals surface area contributed by atoms with Crippen LogP contribution in [0.1, 0.15) is 26.2 Å². The molecule has 2 N–H and O–H groups in total. The van der Waals surface area contributed by atoms with Crippen molar-refractivity contribution in [3.05, 3.63) is 54.3 Å². The molecule has 0 radical (unpaired) electrons. The minimum absolute atomic E-state index is 0.0980. The molecule has 2 aromatic carbocycles. The fourth-order valence-corrected chi connectivity index (χ4v) is 6.07. The number of anilines is 1. The number of hydrogen-bond acceptors (Lipinski definition) is 5. The van der Waals surface area contributed by atoms with E-state index in [9.17, 15) is 26.0 Å². The van der Waals surface area contributed by atoms with Crippen molar-refractivity contribution in [1.82, 2.24) is 9.03 Å². The van der Waals surface area contributed by atoms with Gasteiger partial charge in [0, 0.05) is 31.7 Å². The van der Waals surface area contributed by atoms with E-state index in [0.29, 0.717) is 24.7 Å². The Labute approximate surface area is 187 Å². The maximum Gasteiger partial charge on any atom is 0.243 e. The SMILES string of the molecule is CC1CCCN(S(=O)(=O)c2ccc(NC(=O)CCNS(=O)(=O)c3ccc(F)cc3)cc2)C1. The van der Waals surface area contributed by atoms with Gasteiger partial charge in [-0.25, -0.2) is 25.9 Å². The van der Waals surface area contributed by atoms with E-state index in [1.54, 1.807) is 0 Å². The number of benzene rings is 2. The van der Waals surface area contributed by atoms with Crippen LogP contribution >= 0.6 is 0 Å². The molecule has 1 saturated heterocycles. The second-order valence-electron chi connectivity index (χ2n) is 7.78. The van der Waals surface area contributed by atoms with Crippen molar-refractivity contribution >= 4 is 31.6 Å². The molecule has 2 aromatic rings. The molecule has 8 nitrogen and oxygen atoms in total. The van der Waals surface area contributed by atoms with Gasteiger partial charge in [-0.3, -0.25) is 4.79 Å². The van der Waals surface area contributed by atoms with Crippen LogP contribution in [-0.2, 0) is 24.8 Å². The summed E-state index contributed by atoms with van der Waals surface area (Å²) in [5.74, 6) is -0.669. The van der Waals surface area contributed by atoms with Gasteiger partial charge in [0.15, 0.2) is 0 Å². The van der Waals surface area contributed by atoms with Gasteiger partial charge in [-0.05, 0) is 67.3 Å². The van der Waals surface area contributed by atoms with E-state index in [1.165, 1.54) is 28.6 Å². The smallest absolute Gasteiger partial charge is 0.243 e. The molecule has 1 aliphatic rings. The normalized spacial score (nSPS) is 17.8. The van der Waals surface area contributed by atoms with E-state index < -0.39 is 31.8 Å². The first-order chi connectivity index (χ1) is 15.1. The van der Waals surface area contributed by atoms with Crippen LogP contribution in [-0.4, -0.2) is 46.7 Å². The van der Waals surface area contributed by atoms with Crippen LogP contribution in [0.25, 0.3) is 0 Å². The van der Waals surface area contributed by atoms with E-state index in [1.807, 2.05) is 6.92 Å². The second-order valence-corrected chi connectivity index (χ2v) is 11.5. The standard InChI is InChI=1S/C21H26FN3O5S2/c1-16-3-2-14-25(15-16)32(29,30)20-10-6-18(7-11-20)24-21(26)12-13-23-31(27,28)19-8-4-17(22)5-9-19/h4-11,16,23H,2-3,12-15H2,1H3,(H,24,26). The van der Waals surface area contributed by atoms with Crippen LogP contribution in [0, 0.1) is 11.7 Å². The number of rotatable bonds is 8. The highest BCUT2D eigenvalue weighted by molar-refractivity contribution is 7.89. The van der Waals surface area contributed by atoms with Gasteiger partial charge in [0.2, 0.25) is 26.0 Å². The summed E-state index contributed by atoms with van der Waals surface area (Å²) in [6.07, 6.45) is 1.71. The van der Waals surface area contributed by atoms with E-state index >= 15 is 0 Å². The molecular formula is C21H26FN3O5S2. The lowest BCUT2D eigenvalue weighted by Gasteiger charge is -2.30. The van der Waals surface area contributed by atoms with Crippen LogP contribution in [0.2, 0.25) is 0 Å². The summed E-state index contributed by atoms with van der Waals surface area (Å²) in [4.78, 5) is 12.2. The van der Waals surface area contributed by atoms with Crippen LogP contribution in [0.5, 0.6) is 0 Å². The van der Waals surface area contributed by atoms with Gasteiger partial charge in [0.25, 0.3) is 0 Å². The Morgan fingerprint density at radius 1 is 1.03 bits per heavy atom. The molecule has 0 spiro atoms. The molecule has 174 valence electrons. The number of sulfonamides is 2. The predicted molar refractivity (Wildman–Crippen MR) is 118 cm³/mol. The molecule has 1 heterocycles. The molecule has 0 aliphatic carbocycles. The van der Waals surface area contributed by atoms with Crippen molar-refractivity contribution in [3.63, 3.8) is 0 Å². The van der Waals surface area contributed by atoms with Crippen molar-refractivity contribution in [2.45, 2.75) is 36.0 Å². The summed E-state index contributed by atoms with van der Waals surface area (Å²) in [5, 5.41) is 2.61. The van der Waals surface area contributed by atoms with Crippen LogP contribution in [0.4, 0.5) is 10.1 Å². The summed E-state index contributed by atoms with van der Waals surface area (Å²) in [5.41, 5.74) is 0.405. The van der Waals surface area contributed by atoms with E-state index in [-0.39, 0.29) is 22.8 Å². The number of piperidine rings is 1. The highest BCUT2D eigenvalue weighted by atomic mass is 32.2. The zero-order valence-corrected chi connectivity index (χ0v) is 19.3. The van der Waals surface area contributed by atoms with Crippen molar-refractivity contribution in [3.8, 4) is 0 Å². The third-order valence-electron chi connectivity index (χ3n) is 5.16. The minimum Gasteiger partial charge on any atom is -0.326 e. The summed E-state index contributed by atoms with van der Waals surface area (Å²) in [6, 6.07) is 10.2. The fourth-order valence-electron chi connectivity index (χ4n) is 3.44. The molecular weight excluding hydrogens is 457 g/mol. The Kier molecular flexibility index (Phi) is 7.65. The van der Waals surface area contributed by atoms with Crippen molar-refractivity contribution in [2.75, 3.05) is 25.0 Å².